The van der Waals surface area contributed by atoms with Crippen LogP contribution in [0.25, 0.3) is 83.0 Å². The highest BCUT2D eigenvalue weighted by atomic mass is 15.1. The molecule has 1 aliphatic carbocycles. The van der Waals surface area contributed by atoms with E-state index in [-0.39, 0.29) is 5.41 Å². The van der Waals surface area contributed by atoms with E-state index >= 15 is 0 Å². The summed E-state index contributed by atoms with van der Waals surface area (Å²) in [7, 11) is 0. The Balaban J connectivity index is 1.34. The normalized spacial score (nSPS) is 13.2. The van der Waals surface area contributed by atoms with Gasteiger partial charge >= 0.3 is 0 Å². The Morgan fingerprint density at radius 1 is 0.440 bits per heavy atom. The van der Waals surface area contributed by atoms with Crippen molar-refractivity contribution < 1.29 is 0 Å². The number of fused-ring (bicyclic) bond motifs is 6. The van der Waals surface area contributed by atoms with Gasteiger partial charge in [0.2, 0.25) is 0 Å². The number of benzene rings is 8. The molecule has 0 bridgehead atoms. The van der Waals surface area contributed by atoms with Crippen LogP contribution in [0.4, 0.5) is 0 Å². The first kappa shape index (κ1) is 28.7. The van der Waals surface area contributed by atoms with E-state index in [4.69, 9.17) is 4.98 Å². The van der Waals surface area contributed by atoms with Crippen molar-refractivity contribution in [3.05, 3.63) is 181 Å². The molecule has 0 saturated carbocycles. The van der Waals surface area contributed by atoms with Crippen LogP contribution in [-0.4, -0.2) is 9.55 Å². The highest BCUT2D eigenvalue weighted by Crippen LogP contribution is 2.51. The van der Waals surface area contributed by atoms with Crippen LogP contribution in [-0.2, 0) is 5.41 Å². The van der Waals surface area contributed by atoms with Gasteiger partial charge in [0.25, 0.3) is 0 Å². The molecule has 0 amide bonds. The zero-order chi connectivity index (χ0) is 33.4. The molecule has 236 valence electrons. The molecule has 50 heavy (non-hydrogen) atoms. The first-order valence-electron chi connectivity index (χ1n) is 17.4. The lowest BCUT2D eigenvalue weighted by Crippen LogP contribution is -2.14. The van der Waals surface area contributed by atoms with Crippen LogP contribution in [0.1, 0.15) is 25.0 Å². The number of nitrogens with zero attached hydrogens (tertiary/aromatic N) is 2. The van der Waals surface area contributed by atoms with Crippen molar-refractivity contribution in [1.82, 2.24) is 9.55 Å². The lowest BCUT2D eigenvalue weighted by Gasteiger charge is -2.22. The summed E-state index contributed by atoms with van der Waals surface area (Å²) in [6.45, 7) is 4.70. The minimum absolute atomic E-state index is 0.0462. The monoisotopic (exact) mass is 638 g/mol. The standard InChI is InChI=1S/C48H34N2/c1-48(2)41-22-12-11-19-35(41)39-30-33(26-28-42(39)48)45-36-20-9-10-21-37(36)46(38-27-25-32(29-40(38)45)31-15-5-3-6-16-31)47-49-43-23-13-14-24-44(43)50(47)34-17-7-4-8-18-34/h3-30H,1-2H3. The summed E-state index contributed by atoms with van der Waals surface area (Å²) in [5.74, 6) is 0.947. The number of aromatic nitrogens is 2. The maximum Gasteiger partial charge on any atom is 0.146 e. The van der Waals surface area contributed by atoms with Crippen LogP contribution in [0.15, 0.2) is 170 Å². The molecule has 0 unspecified atom stereocenters. The molecule has 1 aliphatic rings. The van der Waals surface area contributed by atoms with Crippen LogP contribution in [0.3, 0.4) is 0 Å². The van der Waals surface area contributed by atoms with Gasteiger partial charge in [-0.25, -0.2) is 4.98 Å². The van der Waals surface area contributed by atoms with E-state index in [1.165, 1.54) is 66.1 Å². The average Bonchev–Trinajstić information content (AvgIpc) is 3.66. The fraction of sp³-hybridized carbons (Fsp3) is 0.0625. The molecule has 0 fully saturated rings. The van der Waals surface area contributed by atoms with E-state index in [1.54, 1.807) is 0 Å². The number of hydrogen-bond acceptors (Lipinski definition) is 1. The van der Waals surface area contributed by atoms with Crippen LogP contribution in [0.5, 0.6) is 0 Å². The molecule has 0 saturated heterocycles. The fourth-order valence-corrected chi connectivity index (χ4v) is 8.45. The fourth-order valence-electron chi connectivity index (χ4n) is 8.45. The molecule has 0 N–H and O–H groups in total. The maximum atomic E-state index is 5.39. The predicted molar refractivity (Wildman–Crippen MR) is 210 cm³/mol. The van der Waals surface area contributed by atoms with E-state index in [0.717, 1.165) is 28.1 Å². The third-order valence-electron chi connectivity index (χ3n) is 10.8. The second-order valence-corrected chi connectivity index (χ2v) is 13.9. The number of imidazole rings is 1. The summed E-state index contributed by atoms with van der Waals surface area (Å²) < 4.78 is 2.33. The molecule has 8 aromatic carbocycles. The minimum atomic E-state index is -0.0462. The van der Waals surface area contributed by atoms with E-state index in [1.807, 2.05) is 0 Å². The third-order valence-corrected chi connectivity index (χ3v) is 10.8. The van der Waals surface area contributed by atoms with Crippen LogP contribution >= 0.6 is 0 Å². The van der Waals surface area contributed by atoms with Gasteiger partial charge in [-0.1, -0.05) is 147 Å². The van der Waals surface area contributed by atoms with Crippen molar-refractivity contribution in [3.63, 3.8) is 0 Å². The van der Waals surface area contributed by atoms with Gasteiger partial charge in [0, 0.05) is 16.7 Å². The summed E-state index contributed by atoms with van der Waals surface area (Å²) in [6.07, 6.45) is 0. The maximum absolute atomic E-state index is 5.39. The Hall–Kier alpha value is -6.25. The second-order valence-electron chi connectivity index (χ2n) is 13.9. The molecule has 0 spiro atoms. The van der Waals surface area contributed by atoms with Crippen molar-refractivity contribution in [2.75, 3.05) is 0 Å². The molecule has 1 heterocycles. The van der Waals surface area contributed by atoms with E-state index < -0.39 is 0 Å². The SMILES string of the molecule is CC1(C)c2ccccc2-c2cc(-c3c4ccccc4c(-c4nc5ccccc5n4-c4ccccc4)c4ccc(-c5ccccc5)cc34)ccc21. The van der Waals surface area contributed by atoms with Gasteiger partial charge in [-0.05, 0) is 102 Å². The largest absolute Gasteiger partial charge is 0.292 e. The Bertz CT molecular complexity index is 2770. The highest BCUT2D eigenvalue weighted by molar-refractivity contribution is 6.22. The zero-order valence-corrected chi connectivity index (χ0v) is 28.1. The van der Waals surface area contributed by atoms with Gasteiger partial charge in [-0.15, -0.1) is 0 Å². The predicted octanol–water partition coefficient (Wildman–Crippen LogP) is 12.6. The summed E-state index contributed by atoms with van der Waals surface area (Å²) in [6, 6.07) is 61.8. The van der Waals surface area contributed by atoms with E-state index in [2.05, 4.69) is 188 Å². The molecule has 1 aromatic heterocycles. The number of para-hydroxylation sites is 3. The van der Waals surface area contributed by atoms with Crippen molar-refractivity contribution in [3.8, 4) is 50.5 Å². The lowest BCUT2D eigenvalue weighted by atomic mass is 9.81. The van der Waals surface area contributed by atoms with E-state index in [0.29, 0.717) is 0 Å². The molecule has 9 aromatic rings. The third kappa shape index (κ3) is 4.18. The van der Waals surface area contributed by atoms with Gasteiger partial charge in [-0.3, -0.25) is 4.57 Å². The van der Waals surface area contributed by atoms with Crippen molar-refractivity contribution in [2.45, 2.75) is 19.3 Å². The van der Waals surface area contributed by atoms with Gasteiger partial charge in [0.1, 0.15) is 5.82 Å². The summed E-state index contributed by atoms with van der Waals surface area (Å²) in [5, 5.41) is 4.82. The Kier molecular flexibility index (Phi) is 6.25. The van der Waals surface area contributed by atoms with Crippen LogP contribution in [0.2, 0.25) is 0 Å². The molecule has 2 heteroatoms. The number of hydrogen-bond donors (Lipinski definition) is 0. The Labute approximate surface area is 291 Å². The van der Waals surface area contributed by atoms with Gasteiger partial charge < -0.3 is 0 Å². The highest BCUT2D eigenvalue weighted by Gasteiger charge is 2.35. The molecule has 0 atom stereocenters. The van der Waals surface area contributed by atoms with Gasteiger partial charge in [0.05, 0.1) is 11.0 Å². The van der Waals surface area contributed by atoms with E-state index in [9.17, 15) is 0 Å². The van der Waals surface area contributed by atoms with Crippen molar-refractivity contribution >= 4 is 32.6 Å². The molecular formula is C48H34N2. The van der Waals surface area contributed by atoms with Crippen LogP contribution in [0, 0.1) is 0 Å². The minimum Gasteiger partial charge on any atom is -0.292 e. The molecule has 0 radical (unpaired) electrons. The second kappa shape index (κ2) is 10.9. The van der Waals surface area contributed by atoms with Crippen molar-refractivity contribution in [2.24, 2.45) is 0 Å². The quantitative estimate of drug-likeness (QED) is 0.175. The molecular weight excluding hydrogens is 605 g/mol. The molecule has 2 nitrogen and oxygen atoms in total. The van der Waals surface area contributed by atoms with Gasteiger partial charge in [0.15, 0.2) is 0 Å². The first-order chi connectivity index (χ1) is 24.6. The van der Waals surface area contributed by atoms with Gasteiger partial charge in [-0.2, -0.15) is 0 Å². The Morgan fingerprint density at radius 2 is 1.06 bits per heavy atom. The summed E-state index contributed by atoms with van der Waals surface area (Å²) in [4.78, 5) is 5.39. The van der Waals surface area contributed by atoms with Crippen molar-refractivity contribution in [1.29, 1.82) is 0 Å². The molecule has 0 aliphatic heterocycles. The summed E-state index contributed by atoms with van der Waals surface area (Å²) in [5.41, 5.74) is 14.6. The van der Waals surface area contributed by atoms with Crippen LogP contribution < -0.4 is 0 Å². The average molecular weight is 639 g/mol. The topological polar surface area (TPSA) is 17.8 Å². The Morgan fingerprint density at radius 3 is 1.88 bits per heavy atom. The smallest absolute Gasteiger partial charge is 0.146 e. The molecule has 10 rings (SSSR count). The number of rotatable bonds is 4. The summed E-state index contributed by atoms with van der Waals surface area (Å²) >= 11 is 0. The lowest BCUT2D eigenvalue weighted by molar-refractivity contribution is 0.660. The zero-order valence-electron chi connectivity index (χ0n) is 28.1. The first-order valence-corrected chi connectivity index (χ1v) is 17.4.